The molecule has 0 aliphatic carbocycles. The van der Waals surface area contributed by atoms with Crippen LogP contribution in [0.3, 0.4) is 0 Å². The molecule has 216 valence electrons. The van der Waals surface area contributed by atoms with E-state index in [0.29, 0.717) is 28.9 Å². The van der Waals surface area contributed by atoms with Gasteiger partial charge in [-0.25, -0.2) is 0 Å². The van der Waals surface area contributed by atoms with Crippen LogP contribution in [0, 0.1) is 11.8 Å². The number of ether oxygens (including phenoxy) is 1. The maximum Gasteiger partial charge on any atom is 0.201 e. The second kappa shape index (κ2) is 17.5. The van der Waals surface area contributed by atoms with Gasteiger partial charge in [-0.15, -0.1) is 0 Å². The fraction of sp³-hybridized carbons (Fsp3) is 0.515. The summed E-state index contributed by atoms with van der Waals surface area (Å²) in [7, 11) is 3.33. The third-order valence-electron chi connectivity index (χ3n) is 7.48. The number of carbonyl (C=O) groups excluding carboxylic acids is 2. The molecular weight excluding hydrogens is 490 g/mol. The number of hydrogen-bond acceptors (Lipinski definition) is 6. The minimum absolute atomic E-state index is 0.0100. The predicted octanol–water partition coefficient (Wildman–Crippen LogP) is 7.42. The molecule has 0 bridgehead atoms. The Labute approximate surface area is 235 Å². The first-order valence-electron chi connectivity index (χ1n) is 14.2. The van der Waals surface area contributed by atoms with Crippen molar-refractivity contribution < 1.29 is 24.5 Å². The summed E-state index contributed by atoms with van der Waals surface area (Å²) in [6.07, 6.45) is 4.85. The van der Waals surface area contributed by atoms with Gasteiger partial charge >= 0.3 is 0 Å². The zero-order chi connectivity index (χ0) is 29.5. The highest BCUT2D eigenvalue weighted by Gasteiger charge is 2.24. The molecule has 0 aliphatic rings. The number of methoxy groups -OCH3 is 1. The SMILES string of the molecule is CC.CCCC(CCC(C)C(C)C(=O)C/C(C=O)=C(\C)c1ccc(O)c(O)c1OC)c1cccc(CNC)c1. The van der Waals surface area contributed by atoms with E-state index in [9.17, 15) is 19.8 Å². The van der Waals surface area contributed by atoms with Crippen molar-refractivity contribution in [2.24, 2.45) is 11.8 Å². The van der Waals surface area contributed by atoms with Gasteiger partial charge in [0.1, 0.15) is 12.1 Å². The molecule has 2 aromatic carbocycles. The van der Waals surface area contributed by atoms with Crippen LogP contribution in [-0.2, 0) is 16.1 Å². The predicted molar refractivity (Wildman–Crippen MR) is 160 cm³/mol. The zero-order valence-electron chi connectivity index (χ0n) is 25.1. The molecule has 39 heavy (non-hydrogen) atoms. The van der Waals surface area contributed by atoms with Gasteiger partial charge < -0.3 is 20.3 Å². The van der Waals surface area contributed by atoms with Crippen molar-refractivity contribution in [3.63, 3.8) is 0 Å². The molecule has 3 unspecified atom stereocenters. The lowest BCUT2D eigenvalue weighted by Gasteiger charge is -2.23. The van der Waals surface area contributed by atoms with Crippen molar-refractivity contribution in [2.75, 3.05) is 14.2 Å². The minimum Gasteiger partial charge on any atom is -0.504 e. The number of aromatic hydroxyl groups is 2. The van der Waals surface area contributed by atoms with Crippen LogP contribution in [-0.4, -0.2) is 36.4 Å². The molecule has 6 nitrogen and oxygen atoms in total. The average Bonchev–Trinajstić information content (AvgIpc) is 2.95. The van der Waals surface area contributed by atoms with Crippen molar-refractivity contribution in [3.05, 3.63) is 58.7 Å². The van der Waals surface area contributed by atoms with Gasteiger partial charge in [0.25, 0.3) is 0 Å². The smallest absolute Gasteiger partial charge is 0.201 e. The number of allylic oxidation sites excluding steroid dienone is 2. The number of Topliss-reactive ketones (excluding diaryl/α,β-unsaturated/α-hetero) is 1. The van der Waals surface area contributed by atoms with Gasteiger partial charge in [0, 0.05) is 30.0 Å². The molecule has 0 aliphatic heterocycles. The number of phenols is 2. The number of benzene rings is 2. The lowest BCUT2D eigenvalue weighted by atomic mass is 9.81. The first-order chi connectivity index (χ1) is 18.7. The fourth-order valence-corrected chi connectivity index (χ4v) is 4.87. The Morgan fingerprint density at radius 3 is 2.36 bits per heavy atom. The molecule has 0 aromatic heterocycles. The Bertz CT molecular complexity index is 1090. The number of rotatable bonds is 15. The molecule has 0 radical (unpaired) electrons. The molecule has 3 atom stereocenters. The van der Waals surface area contributed by atoms with Crippen LogP contribution in [0.25, 0.3) is 5.57 Å². The Kier molecular flexibility index (Phi) is 15.2. The van der Waals surface area contributed by atoms with E-state index in [1.54, 1.807) is 13.0 Å². The Balaban J connectivity index is 0.00000371. The van der Waals surface area contributed by atoms with E-state index >= 15 is 0 Å². The van der Waals surface area contributed by atoms with E-state index in [2.05, 4.69) is 43.4 Å². The Morgan fingerprint density at radius 2 is 1.77 bits per heavy atom. The highest BCUT2D eigenvalue weighted by Crippen LogP contribution is 2.41. The second-order valence-electron chi connectivity index (χ2n) is 10.0. The van der Waals surface area contributed by atoms with Crippen molar-refractivity contribution in [1.29, 1.82) is 0 Å². The van der Waals surface area contributed by atoms with E-state index in [1.165, 1.54) is 24.3 Å². The normalized spacial score (nSPS) is 13.8. The summed E-state index contributed by atoms with van der Waals surface area (Å²) in [6.45, 7) is 12.8. The number of hydrogen-bond donors (Lipinski definition) is 3. The number of nitrogens with one attached hydrogen (secondary N) is 1. The summed E-state index contributed by atoms with van der Waals surface area (Å²) < 4.78 is 5.25. The van der Waals surface area contributed by atoms with Gasteiger partial charge in [0.05, 0.1) is 7.11 Å². The maximum absolute atomic E-state index is 13.2. The van der Waals surface area contributed by atoms with Crippen molar-refractivity contribution in [3.8, 4) is 17.2 Å². The van der Waals surface area contributed by atoms with E-state index in [0.717, 1.165) is 32.2 Å². The molecule has 0 saturated heterocycles. The van der Waals surface area contributed by atoms with Crippen LogP contribution in [0.2, 0.25) is 0 Å². The molecule has 2 aromatic rings. The van der Waals surface area contributed by atoms with Gasteiger partial charge in [-0.1, -0.05) is 65.3 Å². The standard InChI is InChI=1S/C31H43NO5.C2H6/c1-7-9-24(25-11-8-10-23(16-25)18-32-5)13-12-20(2)21(3)29(35)17-26(19-33)22(4)27-14-15-28(34)30(36)31(27)37-6;1-2/h8,10-11,14-16,19-21,24,32,34,36H,7,9,12-13,17-18H2,1-6H3;1-2H3/b26-22-;. The summed E-state index contributed by atoms with van der Waals surface area (Å²) in [5, 5.41) is 23.1. The molecule has 0 saturated carbocycles. The topological polar surface area (TPSA) is 95.9 Å². The van der Waals surface area contributed by atoms with Crippen molar-refractivity contribution in [2.45, 2.75) is 86.1 Å². The zero-order valence-corrected chi connectivity index (χ0v) is 25.1. The van der Waals surface area contributed by atoms with Gasteiger partial charge in [0.2, 0.25) is 5.75 Å². The lowest BCUT2D eigenvalue weighted by molar-refractivity contribution is -0.123. The average molecular weight is 540 g/mol. The third kappa shape index (κ3) is 9.54. The highest BCUT2D eigenvalue weighted by atomic mass is 16.5. The van der Waals surface area contributed by atoms with Gasteiger partial charge in [0.15, 0.2) is 11.5 Å². The van der Waals surface area contributed by atoms with Crippen LogP contribution < -0.4 is 10.1 Å². The van der Waals surface area contributed by atoms with Gasteiger partial charge in [-0.2, -0.15) is 0 Å². The van der Waals surface area contributed by atoms with Crippen LogP contribution >= 0.6 is 0 Å². The third-order valence-corrected chi connectivity index (χ3v) is 7.48. The van der Waals surface area contributed by atoms with Gasteiger partial charge in [-0.3, -0.25) is 9.59 Å². The van der Waals surface area contributed by atoms with Crippen molar-refractivity contribution >= 4 is 17.6 Å². The molecular formula is C33H49NO5. The number of aldehydes is 1. The van der Waals surface area contributed by atoms with E-state index < -0.39 is 5.75 Å². The summed E-state index contributed by atoms with van der Waals surface area (Å²) in [4.78, 5) is 25.2. The van der Waals surface area contributed by atoms with E-state index in [-0.39, 0.29) is 35.5 Å². The Hall–Kier alpha value is -3.12. The van der Waals surface area contributed by atoms with Crippen molar-refractivity contribution in [1.82, 2.24) is 5.32 Å². The van der Waals surface area contributed by atoms with E-state index in [4.69, 9.17) is 4.74 Å². The molecule has 3 N–H and O–H groups in total. The minimum atomic E-state index is -0.393. The molecule has 0 spiro atoms. The molecule has 2 rings (SSSR count). The maximum atomic E-state index is 13.2. The number of phenolic OH excluding ortho intramolecular Hbond substituents is 2. The lowest BCUT2D eigenvalue weighted by Crippen LogP contribution is -2.20. The summed E-state index contributed by atoms with van der Waals surface area (Å²) in [6, 6.07) is 11.7. The quantitative estimate of drug-likeness (QED) is 0.124. The molecule has 0 amide bonds. The van der Waals surface area contributed by atoms with Crippen LogP contribution in [0.15, 0.2) is 42.0 Å². The number of ketones is 1. The van der Waals surface area contributed by atoms with Crippen LogP contribution in [0.5, 0.6) is 17.2 Å². The van der Waals surface area contributed by atoms with E-state index in [1.807, 2.05) is 27.8 Å². The number of carbonyl (C=O) groups is 2. The molecule has 0 heterocycles. The van der Waals surface area contributed by atoms with Crippen LogP contribution in [0.1, 0.15) is 96.3 Å². The first-order valence-corrected chi connectivity index (χ1v) is 14.2. The monoisotopic (exact) mass is 539 g/mol. The fourth-order valence-electron chi connectivity index (χ4n) is 4.87. The summed E-state index contributed by atoms with van der Waals surface area (Å²) in [5.41, 5.74) is 3.99. The largest absolute Gasteiger partial charge is 0.504 e. The highest BCUT2D eigenvalue weighted by molar-refractivity contribution is 5.97. The summed E-state index contributed by atoms with van der Waals surface area (Å²) in [5.74, 6) is -0.186. The molecule has 6 heteroatoms. The first kappa shape index (κ1) is 33.9. The molecule has 0 fully saturated rings. The summed E-state index contributed by atoms with van der Waals surface area (Å²) >= 11 is 0. The van der Waals surface area contributed by atoms with Gasteiger partial charge in [-0.05, 0) is 73.9 Å². The Morgan fingerprint density at radius 1 is 1.08 bits per heavy atom. The van der Waals surface area contributed by atoms with Crippen LogP contribution in [0.4, 0.5) is 0 Å². The second-order valence-corrected chi connectivity index (χ2v) is 10.0.